The smallest absolute Gasteiger partial charge is 0.183 e. The zero-order chi connectivity index (χ0) is 15.1. The first-order valence-electron chi connectivity index (χ1n) is 7.80. The van der Waals surface area contributed by atoms with Crippen LogP contribution in [-0.4, -0.2) is 49.8 Å². The van der Waals surface area contributed by atoms with Crippen molar-refractivity contribution in [1.29, 1.82) is 0 Å². The number of ether oxygens (including phenoxy) is 2. The first-order valence-corrected chi connectivity index (χ1v) is 7.80. The molecule has 1 fully saturated rings. The Morgan fingerprint density at radius 1 is 1.38 bits per heavy atom. The van der Waals surface area contributed by atoms with E-state index in [1.807, 2.05) is 6.07 Å². The molecule has 0 radical (unpaired) electrons. The summed E-state index contributed by atoms with van der Waals surface area (Å²) in [6, 6.07) is 2.42. The average molecular weight is 293 g/mol. The van der Waals surface area contributed by atoms with Crippen LogP contribution in [0.3, 0.4) is 0 Å². The Hall–Kier alpha value is -1.33. The topological polar surface area (TPSA) is 46.6 Å². The van der Waals surface area contributed by atoms with Crippen molar-refractivity contribution in [2.24, 2.45) is 0 Å². The maximum absolute atomic E-state index is 5.48. The molecule has 1 aliphatic rings. The van der Waals surface area contributed by atoms with Crippen LogP contribution < -0.4 is 14.8 Å². The molecule has 0 aliphatic carbocycles. The normalized spacial score (nSPS) is 20.0. The van der Waals surface area contributed by atoms with Gasteiger partial charge in [0, 0.05) is 31.4 Å². The summed E-state index contributed by atoms with van der Waals surface area (Å²) >= 11 is 0. The molecule has 0 aromatic carbocycles. The zero-order valence-corrected chi connectivity index (χ0v) is 13.4. The van der Waals surface area contributed by atoms with Gasteiger partial charge in [0.15, 0.2) is 11.5 Å². The van der Waals surface area contributed by atoms with Crippen LogP contribution in [0.1, 0.15) is 31.9 Å². The number of nitrogens with one attached hydrogen (secondary N) is 1. The number of hydrogen-bond donors (Lipinski definition) is 1. The van der Waals surface area contributed by atoms with Crippen molar-refractivity contribution < 1.29 is 9.47 Å². The second-order valence-electron chi connectivity index (χ2n) is 5.52. The SMILES string of the molecule is CCCC1CN(Cc2nccc(OC)c2OC)CCCN1. The lowest BCUT2D eigenvalue weighted by Gasteiger charge is -2.24. The number of pyridine rings is 1. The zero-order valence-electron chi connectivity index (χ0n) is 13.4. The number of rotatable bonds is 6. The molecule has 0 saturated carbocycles. The molecule has 0 bridgehead atoms. The van der Waals surface area contributed by atoms with E-state index < -0.39 is 0 Å². The summed E-state index contributed by atoms with van der Waals surface area (Å²) in [5.41, 5.74) is 0.953. The lowest BCUT2D eigenvalue weighted by Crippen LogP contribution is -2.37. The molecule has 1 aromatic heterocycles. The third-order valence-corrected chi connectivity index (χ3v) is 3.94. The molecule has 1 unspecified atom stereocenters. The van der Waals surface area contributed by atoms with E-state index in [1.165, 1.54) is 19.3 Å². The minimum atomic E-state index is 0.578. The van der Waals surface area contributed by atoms with Gasteiger partial charge < -0.3 is 14.8 Å². The Morgan fingerprint density at radius 2 is 2.24 bits per heavy atom. The number of hydrogen-bond acceptors (Lipinski definition) is 5. The molecule has 1 aromatic rings. The molecule has 5 heteroatoms. The summed E-state index contributed by atoms with van der Waals surface area (Å²) < 4.78 is 10.8. The number of methoxy groups -OCH3 is 2. The minimum absolute atomic E-state index is 0.578. The highest BCUT2D eigenvalue weighted by atomic mass is 16.5. The highest BCUT2D eigenvalue weighted by Gasteiger charge is 2.20. The van der Waals surface area contributed by atoms with Crippen LogP contribution in [0, 0.1) is 0 Å². The van der Waals surface area contributed by atoms with Crippen molar-refractivity contribution in [3.05, 3.63) is 18.0 Å². The van der Waals surface area contributed by atoms with E-state index in [1.54, 1.807) is 20.4 Å². The van der Waals surface area contributed by atoms with Gasteiger partial charge in [-0.2, -0.15) is 0 Å². The molecule has 5 nitrogen and oxygen atoms in total. The molecule has 1 saturated heterocycles. The van der Waals surface area contributed by atoms with Gasteiger partial charge in [-0.05, 0) is 25.9 Å². The first kappa shape index (κ1) is 16.0. The highest BCUT2D eigenvalue weighted by molar-refractivity contribution is 5.42. The second kappa shape index (κ2) is 8.20. The molecular weight excluding hydrogens is 266 g/mol. The predicted molar refractivity (Wildman–Crippen MR) is 83.9 cm³/mol. The van der Waals surface area contributed by atoms with Gasteiger partial charge in [0.25, 0.3) is 0 Å². The Bertz CT molecular complexity index is 440. The third-order valence-electron chi connectivity index (χ3n) is 3.94. The van der Waals surface area contributed by atoms with Gasteiger partial charge in [0.2, 0.25) is 0 Å². The van der Waals surface area contributed by atoms with Crippen molar-refractivity contribution in [2.75, 3.05) is 33.9 Å². The van der Waals surface area contributed by atoms with Crippen molar-refractivity contribution in [3.8, 4) is 11.5 Å². The molecule has 118 valence electrons. The van der Waals surface area contributed by atoms with E-state index in [-0.39, 0.29) is 0 Å². The van der Waals surface area contributed by atoms with Gasteiger partial charge >= 0.3 is 0 Å². The maximum atomic E-state index is 5.48. The van der Waals surface area contributed by atoms with Crippen LogP contribution in [0.2, 0.25) is 0 Å². The maximum Gasteiger partial charge on any atom is 0.183 e. The van der Waals surface area contributed by atoms with Crippen LogP contribution in [0.25, 0.3) is 0 Å². The molecule has 2 rings (SSSR count). The van der Waals surface area contributed by atoms with Gasteiger partial charge in [-0.3, -0.25) is 9.88 Å². The van der Waals surface area contributed by atoms with Crippen LogP contribution in [0.5, 0.6) is 11.5 Å². The van der Waals surface area contributed by atoms with Crippen molar-refractivity contribution in [3.63, 3.8) is 0 Å². The lowest BCUT2D eigenvalue weighted by atomic mass is 10.1. The van der Waals surface area contributed by atoms with E-state index in [0.717, 1.165) is 43.4 Å². The first-order chi connectivity index (χ1) is 10.3. The molecule has 0 spiro atoms. The summed E-state index contributed by atoms with van der Waals surface area (Å²) in [5.74, 6) is 1.50. The summed E-state index contributed by atoms with van der Waals surface area (Å²) in [6.45, 7) is 6.31. The molecule has 1 atom stereocenters. The predicted octanol–water partition coefficient (Wildman–Crippen LogP) is 2.06. The van der Waals surface area contributed by atoms with Crippen molar-refractivity contribution in [1.82, 2.24) is 15.2 Å². The summed E-state index contributed by atoms with van der Waals surface area (Å²) in [4.78, 5) is 6.95. The molecule has 2 heterocycles. The van der Waals surface area contributed by atoms with Gasteiger partial charge in [-0.15, -0.1) is 0 Å². The lowest BCUT2D eigenvalue weighted by molar-refractivity contribution is 0.246. The van der Waals surface area contributed by atoms with Crippen LogP contribution in [-0.2, 0) is 6.54 Å². The van der Waals surface area contributed by atoms with Crippen LogP contribution in [0.4, 0.5) is 0 Å². The fourth-order valence-corrected chi connectivity index (χ4v) is 2.94. The van der Waals surface area contributed by atoms with E-state index in [0.29, 0.717) is 6.04 Å². The van der Waals surface area contributed by atoms with Crippen LogP contribution >= 0.6 is 0 Å². The fourth-order valence-electron chi connectivity index (χ4n) is 2.94. The minimum Gasteiger partial charge on any atom is -0.493 e. The Kier molecular flexibility index (Phi) is 6.26. The van der Waals surface area contributed by atoms with E-state index in [9.17, 15) is 0 Å². The van der Waals surface area contributed by atoms with Gasteiger partial charge in [-0.1, -0.05) is 13.3 Å². The Balaban J connectivity index is 2.09. The molecule has 1 aliphatic heterocycles. The monoisotopic (exact) mass is 293 g/mol. The molecule has 1 N–H and O–H groups in total. The Labute approximate surface area is 127 Å². The van der Waals surface area contributed by atoms with Gasteiger partial charge in [0.05, 0.1) is 14.2 Å². The number of aromatic nitrogens is 1. The quantitative estimate of drug-likeness (QED) is 0.870. The second-order valence-corrected chi connectivity index (χ2v) is 5.52. The van der Waals surface area contributed by atoms with Crippen molar-refractivity contribution in [2.45, 2.75) is 38.8 Å². The molecular formula is C16H27N3O2. The summed E-state index contributed by atoms with van der Waals surface area (Å²) in [5, 5.41) is 3.63. The average Bonchev–Trinajstić information content (AvgIpc) is 2.72. The standard InChI is InChI=1S/C16H27N3O2/c1-4-6-13-11-19(10-5-8-17-13)12-14-16(21-3)15(20-2)7-9-18-14/h7,9,13,17H,4-6,8,10-12H2,1-3H3. The van der Waals surface area contributed by atoms with E-state index >= 15 is 0 Å². The summed E-state index contributed by atoms with van der Waals surface area (Å²) in [7, 11) is 3.33. The number of nitrogens with zero attached hydrogens (tertiary/aromatic N) is 2. The van der Waals surface area contributed by atoms with E-state index in [4.69, 9.17) is 9.47 Å². The van der Waals surface area contributed by atoms with E-state index in [2.05, 4.69) is 22.1 Å². The van der Waals surface area contributed by atoms with Crippen LogP contribution in [0.15, 0.2) is 12.3 Å². The largest absolute Gasteiger partial charge is 0.493 e. The molecule has 0 amide bonds. The Morgan fingerprint density at radius 3 is 2.95 bits per heavy atom. The third kappa shape index (κ3) is 4.32. The molecule has 21 heavy (non-hydrogen) atoms. The van der Waals surface area contributed by atoms with Gasteiger partial charge in [-0.25, -0.2) is 0 Å². The fraction of sp³-hybridized carbons (Fsp3) is 0.688. The highest BCUT2D eigenvalue weighted by Crippen LogP contribution is 2.30. The summed E-state index contributed by atoms with van der Waals surface area (Å²) in [6.07, 6.45) is 5.40. The van der Waals surface area contributed by atoms with Gasteiger partial charge in [0.1, 0.15) is 5.69 Å². The van der Waals surface area contributed by atoms with Crippen molar-refractivity contribution >= 4 is 0 Å².